The fourth-order valence-corrected chi connectivity index (χ4v) is 2.58. The number of aromatic nitrogens is 2. The molecule has 1 fully saturated rings. The van der Waals surface area contributed by atoms with Crippen molar-refractivity contribution in [2.24, 2.45) is 0 Å². The number of nitrogens with zero attached hydrogens (tertiary/aromatic N) is 4. The lowest BCUT2D eigenvalue weighted by atomic mass is 10.2. The standard InChI is InChI=1S/C16H26N4O2/c1-11-9-12(2)18-14(17-11)20-8-7-19(10-13(20)3)15(21)22-16(4,5)6/h9,13H,7-8,10H2,1-6H3/t13-/m1/s1. The Kier molecular flexibility index (Phi) is 4.58. The normalized spacial score (nSPS) is 19.3. The van der Waals surface area contributed by atoms with Gasteiger partial charge in [0.2, 0.25) is 5.95 Å². The second kappa shape index (κ2) is 6.10. The molecule has 1 amide bonds. The number of hydrogen-bond donors (Lipinski definition) is 0. The molecule has 0 spiro atoms. The molecule has 0 unspecified atom stereocenters. The topological polar surface area (TPSA) is 58.6 Å². The highest BCUT2D eigenvalue weighted by Crippen LogP contribution is 2.19. The molecule has 1 aliphatic rings. The van der Waals surface area contributed by atoms with Crippen LogP contribution < -0.4 is 4.90 Å². The Hall–Kier alpha value is -1.85. The van der Waals surface area contributed by atoms with E-state index < -0.39 is 5.60 Å². The minimum absolute atomic E-state index is 0.155. The third-order valence-electron chi connectivity index (χ3n) is 3.51. The van der Waals surface area contributed by atoms with E-state index in [-0.39, 0.29) is 12.1 Å². The first-order valence-corrected chi connectivity index (χ1v) is 7.72. The van der Waals surface area contributed by atoms with Crippen molar-refractivity contribution in [2.45, 2.75) is 53.2 Å². The Morgan fingerprint density at radius 1 is 1.23 bits per heavy atom. The molecule has 1 aromatic rings. The Bertz CT molecular complexity index is 533. The summed E-state index contributed by atoms with van der Waals surface area (Å²) in [6, 6.07) is 2.12. The van der Waals surface area contributed by atoms with Crippen molar-refractivity contribution in [2.75, 3.05) is 24.5 Å². The number of aryl methyl sites for hydroxylation is 2. The van der Waals surface area contributed by atoms with Crippen LogP contribution in [0.4, 0.5) is 10.7 Å². The molecule has 122 valence electrons. The van der Waals surface area contributed by atoms with Crippen LogP contribution in [0, 0.1) is 13.8 Å². The smallest absolute Gasteiger partial charge is 0.410 e. The van der Waals surface area contributed by atoms with Gasteiger partial charge in [0.1, 0.15) is 5.60 Å². The number of rotatable bonds is 1. The molecule has 2 heterocycles. The molecular weight excluding hydrogens is 280 g/mol. The molecular formula is C16H26N4O2. The van der Waals surface area contributed by atoms with Gasteiger partial charge in [-0.3, -0.25) is 0 Å². The summed E-state index contributed by atoms with van der Waals surface area (Å²) in [4.78, 5) is 25.1. The molecule has 0 aromatic carbocycles. The van der Waals surface area contributed by atoms with Crippen LogP contribution in [-0.4, -0.2) is 52.2 Å². The zero-order valence-corrected chi connectivity index (χ0v) is 14.4. The van der Waals surface area contributed by atoms with Crippen LogP contribution in [0.3, 0.4) is 0 Å². The number of amides is 1. The SMILES string of the molecule is Cc1cc(C)nc(N2CCN(C(=O)OC(C)(C)C)C[C@H]2C)n1. The van der Waals surface area contributed by atoms with Gasteiger partial charge in [-0.1, -0.05) is 0 Å². The van der Waals surface area contributed by atoms with Crippen molar-refractivity contribution in [3.05, 3.63) is 17.5 Å². The molecule has 0 bridgehead atoms. The van der Waals surface area contributed by atoms with Gasteiger partial charge >= 0.3 is 6.09 Å². The Morgan fingerprint density at radius 3 is 2.32 bits per heavy atom. The van der Waals surface area contributed by atoms with Crippen molar-refractivity contribution in [1.82, 2.24) is 14.9 Å². The molecule has 22 heavy (non-hydrogen) atoms. The molecule has 0 radical (unpaired) electrons. The van der Waals surface area contributed by atoms with Gasteiger partial charge < -0.3 is 14.5 Å². The third kappa shape index (κ3) is 4.08. The van der Waals surface area contributed by atoms with Crippen LogP contribution in [0.1, 0.15) is 39.1 Å². The highest BCUT2D eigenvalue weighted by molar-refractivity contribution is 5.68. The van der Waals surface area contributed by atoms with Crippen LogP contribution in [0.15, 0.2) is 6.07 Å². The zero-order valence-electron chi connectivity index (χ0n) is 14.4. The van der Waals surface area contributed by atoms with E-state index in [1.165, 1.54) is 0 Å². The molecule has 6 nitrogen and oxygen atoms in total. The largest absolute Gasteiger partial charge is 0.444 e. The first-order valence-electron chi connectivity index (χ1n) is 7.72. The lowest BCUT2D eigenvalue weighted by Gasteiger charge is -2.40. The lowest BCUT2D eigenvalue weighted by molar-refractivity contribution is 0.0218. The minimum atomic E-state index is -0.464. The van der Waals surface area contributed by atoms with E-state index in [1.54, 1.807) is 4.90 Å². The lowest BCUT2D eigenvalue weighted by Crippen LogP contribution is -2.55. The summed E-state index contributed by atoms with van der Waals surface area (Å²) >= 11 is 0. The molecule has 0 saturated carbocycles. The first-order chi connectivity index (χ1) is 10.2. The summed E-state index contributed by atoms with van der Waals surface area (Å²) in [7, 11) is 0. The fourth-order valence-electron chi connectivity index (χ4n) is 2.58. The van der Waals surface area contributed by atoms with E-state index in [0.717, 1.165) is 17.3 Å². The maximum atomic E-state index is 12.2. The van der Waals surface area contributed by atoms with E-state index in [0.29, 0.717) is 19.6 Å². The predicted octanol–water partition coefficient (Wildman–Crippen LogP) is 2.54. The highest BCUT2D eigenvalue weighted by atomic mass is 16.6. The van der Waals surface area contributed by atoms with Gasteiger partial charge in [0.15, 0.2) is 0 Å². The van der Waals surface area contributed by atoms with Crippen molar-refractivity contribution in [3.63, 3.8) is 0 Å². The van der Waals surface area contributed by atoms with Crippen LogP contribution in [0.5, 0.6) is 0 Å². The number of carbonyl (C=O) groups is 1. The molecule has 2 rings (SSSR count). The number of carbonyl (C=O) groups excluding carboxylic acids is 1. The summed E-state index contributed by atoms with van der Waals surface area (Å²) in [5.41, 5.74) is 1.46. The summed E-state index contributed by atoms with van der Waals surface area (Å²) < 4.78 is 5.44. The van der Waals surface area contributed by atoms with E-state index in [1.807, 2.05) is 40.7 Å². The fraction of sp³-hybridized carbons (Fsp3) is 0.688. The van der Waals surface area contributed by atoms with Crippen LogP contribution in [0.25, 0.3) is 0 Å². The summed E-state index contributed by atoms with van der Waals surface area (Å²) in [6.07, 6.45) is -0.250. The van der Waals surface area contributed by atoms with Gasteiger partial charge in [0, 0.05) is 37.1 Å². The predicted molar refractivity (Wildman–Crippen MR) is 86.1 cm³/mol. The Balaban J connectivity index is 2.05. The third-order valence-corrected chi connectivity index (χ3v) is 3.51. The molecule has 1 aliphatic heterocycles. The molecule has 6 heteroatoms. The molecule has 1 saturated heterocycles. The van der Waals surface area contributed by atoms with E-state index in [2.05, 4.69) is 21.8 Å². The van der Waals surface area contributed by atoms with Crippen molar-refractivity contribution in [1.29, 1.82) is 0 Å². The average molecular weight is 306 g/mol. The summed E-state index contributed by atoms with van der Waals surface area (Å²) in [5.74, 6) is 0.744. The highest BCUT2D eigenvalue weighted by Gasteiger charge is 2.31. The number of piperazine rings is 1. The van der Waals surface area contributed by atoms with E-state index in [4.69, 9.17) is 4.74 Å². The molecule has 0 N–H and O–H groups in total. The average Bonchev–Trinajstić information content (AvgIpc) is 2.35. The van der Waals surface area contributed by atoms with Crippen molar-refractivity contribution < 1.29 is 9.53 Å². The van der Waals surface area contributed by atoms with Crippen LogP contribution in [-0.2, 0) is 4.74 Å². The van der Waals surface area contributed by atoms with Gasteiger partial charge in [-0.05, 0) is 47.6 Å². The Morgan fingerprint density at radius 2 is 1.82 bits per heavy atom. The van der Waals surface area contributed by atoms with Crippen LogP contribution >= 0.6 is 0 Å². The monoisotopic (exact) mass is 306 g/mol. The second-order valence-electron chi connectivity index (χ2n) is 6.92. The summed E-state index contributed by atoms with van der Waals surface area (Å²) in [5, 5.41) is 0. The van der Waals surface area contributed by atoms with Crippen molar-refractivity contribution in [3.8, 4) is 0 Å². The zero-order chi connectivity index (χ0) is 16.5. The van der Waals surface area contributed by atoms with E-state index in [9.17, 15) is 4.79 Å². The minimum Gasteiger partial charge on any atom is -0.444 e. The number of ether oxygens (including phenoxy) is 1. The Labute approximate surface area is 132 Å². The summed E-state index contributed by atoms with van der Waals surface area (Å²) in [6.45, 7) is 13.6. The van der Waals surface area contributed by atoms with Gasteiger partial charge in [-0.2, -0.15) is 0 Å². The molecule has 1 atom stereocenters. The molecule has 1 aromatic heterocycles. The molecule has 0 aliphatic carbocycles. The maximum Gasteiger partial charge on any atom is 0.410 e. The maximum absolute atomic E-state index is 12.2. The van der Waals surface area contributed by atoms with Crippen LogP contribution in [0.2, 0.25) is 0 Å². The quantitative estimate of drug-likeness (QED) is 0.798. The van der Waals surface area contributed by atoms with Crippen molar-refractivity contribution >= 4 is 12.0 Å². The number of anilines is 1. The van der Waals surface area contributed by atoms with Gasteiger partial charge in [0.25, 0.3) is 0 Å². The van der Waals surface area contributed by atoms with Gasteiger partial charge in [-0.25, -0.2) is 14.8 Å². The van der Waals surface area contributed by atoms with Gasteiger partial charge in [0.05, 0.1) is 0 Å². The van der Waals surface area contributed by atoms with Gasteiger partial charge in [-0.15, -0.1) is 0 Å². The number of hydrogen-bond acceptors (Lipinski definition) is 5. The second-order valence-corrected chi connectivity index (χ2v) is 6.92. The first kappa shape index (κ1) is 16.5. The van der Waals surface area contributed by atoms with E-state index >= 15 is 0 Å².